The minimum absolute atomic E-state index is 0.830. The number of rotatable bonds is 9. The molecule has 0 saturated carbocycles. The predicted octanol–water partition coefficient (Wildman–Crippen LogP) is 9.63. The fraction of sp³-hybridized carbons (Fsp3) is 0.205. The van der Waals surface area contributed by atoms with Crippen molar-refractivity contribution >= 4 is 22.0 Å². The molecule has 0 fully saturated rings. The molecule has 0 radical (unpaired) electrons. The lowest BCUT2D eigenvalue weighted by molar-refractivity contribution is 0.786. The first-order valence-electron chi connectivity index (χ1n) is 14.7. The van der Waals surface area contributed by atoms with Gasteiger partial charge in [-0.3, -0.25) is 0 Å². The predicted molar refractivity (Wildman–Crippen MR) is 181 cm³/mol. The van der Waals surface area contributed by atoms with Crippen LogP contribution in [0.2, 0.25) is 0 Å². The molecule has 0 amide bonds. The van der Waals surface area contributed by atoms with E-state index in [1.165, 1.54) is 49.8 Å². The molecule has 0 unspecified atom stereocenters. The summed E-state index contributed by atoms with van der Waals surface area (Å²) in [5.74, 6) is 0. The van der Waals surface area contributed by atoms with Crippen LogP contribution in [0.5, 0.6) is 0 Å². The Kier molecular flexibility index (Phi) is 10.3. The molecule has 0 spiro atoms. The second kappa shape index (κ2) is 14.3. The van der Waals surface area contributed by atoms with Gasteiger partial charge in [-0.2, -0.15) is 5.10 Å². The lowest BCUT2D eigenvalue weighted by Crippen LogP contribution is -2.13. The van der Waals surface area contributed by atoms with Gasteiger partial charge in [0.05, 0.1) is 6.20 Å². The topological polar surface area (TPSA) is 29.9 Å². The zero-order chi connectivity index (χ0) is 30.1. The summed E-state index contributed by atoms with van der Waals surface area (Å²) in [6.07, 6.45) is 5.92. The largest absolute Gasteiger partial charge is 0.384 e. The van der Waals surface area contributed by atoms with E-state index in [9.17, 15) is 0 Å². The molecule has 0 bridgehead atoms. The molecule has 3 heteroatoms. The summed E-state index contributed by atoms with van der Waals surface area (Å²) in [6, 6.07) is 32.1. The van der Waals surface area contributed by atoms with Gasteiger partial charge in [-0.05, 0) is 89.9 Å². The van der Waals surface area contributed by atoms with Crippen LogP contribution in [0, 0.1) is 20.8 Å². The number of aryl methyl sites for hydroxylation is 3. The molecule has 1 aromatic heterocycles. The highest BCUT2D eigenvalue weighted by Gasteiger charge is 2.06. The Hall–Kier alpha value is -4.63. The molecule has 1 N–H and O–H groups in total. The molecular formula is C39H43N3. The molecule has 0 atom stereocenters. The Labute approximate surface area is 251 Å². The van der Waals surface area contributed by atoms with E-state index >= 15 is 0 Å². The lowest BCUT2D eigenvalue weighted by Gasteiger charge is -2.11. The highest BCUT2D eigenvalue weighted by molar-refractivity contribution is 5.83. The molecular weight excluding hydrogens is 510 g/mol. The third kappa shape index (κ3) is 7.98. The monoisotopic (exact) mass is 553 g/mol. The number of fused-ring (bicyclic) bond motifs is 1. The molecule has 1 heterocycles. The summed E-state index contributed by atoms with van der Waals surface area (Å²) in [6.45, 7) is 19.7. The van der Waals surface area contributed by atoms with Gasteiger partial charge in [-0.25, -0.2) is 4.68 Å². The maximum absolute atomic E-state index is 4.39. The minimum Gasteiger partial charge on any atom is -0.384 e. The number of nitrogens with zero attached hydrogens (tertiary/aromatic N) is 2. The van der Waals surface area contributed by atoms with Crippen LogP contribution in [0.15, 0.2) is 122 Å². The molecule has 0 aliphatic carbocycles. The molecule has 0 saturated heterocycles. The van der Waals surface area contributed by atoms with Gasteiger partial charge in [0, 0.05) is 30.1 Å². The van der Waals surface area contributed by atoms with Crippen LogP contribution < -0.4 is 5.32 Å². The van der Waals surface area contributed by atoms with Crippen molar-refractivity contribution < 1.29 is 0 Å². The highest BCUT2D eigenvalue weighted by Crippen LogP contribution is 2.22. The first kappa shape index (κ1) is 30.3. The van der Waals surface area contributed by atoms with Gasteiger partial charge in [0.25, 0.3) is 0 Å². The van der Waals surface area contributed by atoms with Crippen molar-refractivity contribution in [2.75, 3.05) is 0 Å². The third-order valence-electron chi connectivity index (χ3n) is 7.67. The third-order valence-corrected chi connectivity index (χ3v) is 7.67. The zero-order valence-corrected chi connectivity index (χ0v) is 25.7. The summed E-state index contributed by atoms with van der Waals surface area (Å²) in [5.41, 5.74) is 11.9. The van der Waals surface area contributed by atoms with Crippen molar-refractivity contribution in [3.05, 3.63) is 161 Å². The van der Waals surface area contributed by atoms with E-state index < -0.39 is 0 Å². The lowest BCUT2D eigenvalue weighted by atomic mass is 10.0. The number of nitrogens with one attached hydrogen (secondary N) is 1. The molecule has 5 aromatic rings. The van der Waals surface area contributed by atoms with Crippen LogP contribution in [-0.4, -0.2) is 9.78 Å². The standard InChI is InChI=1S/C22H23N.C17H20N2/c1-3-18-8-10-19(11-9-18)16-23-17(2)14-20-12-13-21-6-4-5-7-22(21)15-20;1-12-8-6-7-9-17(12)13(2)10-15(4)19-16(5)14(3)11-18-19/h4-13,15,23H,2-3,14,16H2,1H3;6-11H,2H2,1,3-5H3/b;15-10-. The maximum atomic E-state index is 4.39. The number of aromatic nitrogens is 2. The van der Waals surface area contributed by atoms with Crippen molar-refractivity contribution in [3.8, 4) is 0 Å². The summed E-state index contributed by atoms with van der Waals surface area (Å²) < 4.78 is 1.96. The molecule has 5 rings (SSSR count). The smallest absolute Gasteiger partial charge is 0.0526 e. The number of hydrogen-bond acceptors (Lipinski definition) is 2. The van der Waals surface area contributed by atoms with Crippen molar-refractivity contribution in [1.82, 2.24) is 15.1 Å². The Morgan fingerprint density at radius 1 is 0.786 bits per heavy atom. The fourth-order valence-electron chi connectivity index (χ4n) is 4.95. The quantitative estimate of drug-likeness (QED) is 0.184. The van der Waals surface area contributed by atoms with Gasteiger partial charge >= 0.3 is 0 Å². The van der Waals surface area contributed by atoms with Crippen LogP contribution in [0.4, 0.5) is 0 Å². The van der Waals surface area contributed by atoms with Gasteiger partial charge in [-0.1, -0.05) is 111 Å². The van der Waals surface area contributed by atoms with E-state index in [0.717, 1.165) is 36.4 Å². The second-order valence-electron chi connectivity index (χ2n) is 10.9. The molecule has 4 aromatic carbocycles. The van der Waals surface area contributed by atoms with E-state index in [0.29, 0.717) is 0 Å². The molecule has 42 heavy (non-hydrogen) atoms. The minimum atomic E-state index is 0.830. The first-order chi connectivity index (χ1) is 20.2. The SMILES string of the molecule is C=C(/C=C(/C)n1ncc(C)c1C)c1ccccc1C.C=C(Cc1ccc2ccccc2c1)NCc1ccc(CC)cc1. The van der Waals surface area contributed by atoms with Gasteiger partial charge < -0.3 is 5.32 Å². The zero-order valence-electron chi connectivity index (χ0n) is 25.7. The molecule has 214 valence electrons. The van der Waals surface area contributed by atoms with Gasteiger partial charge in [-0.15, -0.1) is 0 Å². The van der Waals surface area contributed by atoms with E-state index in [-0.39, 0.29) is 0 Å². The summed E-state index contributed by atoms with van der Waals surface area (Å²) >= 11 is 0. The van der Waals surface area contributed by atoms with Crippen LogP contribution in [0.25, 0.3) is 22.0 Å². The van der Waals surface area contributed by atoms with Gasteiger partial charge in [0.1, 0.15) is 0 Å². The number of hydrogen-bond donors (Lipinski definition) is 1. The van der Waals surface area contributed by atoms with E-state index in [2.05, 4.69) is 143 Å². The first-order valence-corrected chi connectivity index (χ1v) is 14.7. The second-order valence-corrected chi connectivity index (χ2v) is 10.9. The van der Waals surface area contributed by atoms with E-state index in [1.807, 2.05) is 23.0 Å². The molecule has 3 nitrogen and oxygen atoms in total. The van der Waals surface area contributed by atoms with Crippen molar-refractivity contribution in [2.45, 2.75) is 54.0 Å². The Morgan fingerprint density at radius 2 is 1.43 bits per heavy atom. The summed E-state index contributed by atoms with van der Waals surface area (Å²) in [5, 5.41) is 10.4. The normalized spacial score (nSPS) is 11.1. The Bertz CT molecular complexity index is 1700. The molecule has 0 aliphatic rings. The number of allylic oxidation sites excluding steroid dienone is 4. The maximum Gasteiger partial charge on any atom is 0.0526 e. The van der Waals surface area contributed by atoms with Crippen LogP contribution in [0.3, 0.4) is 0 Å². The number of benzene rings is 4. The van der Waals surface area contributed by atoms with Crippen molar-refractivity contribution in [1.29, 1.82) is 0 Å². The van der Waals surface area contributed by atoms with Gasteiger partial charge in [0.2, 0.25) is 0 Å². The van der Waals surface area contributed by atoms with E-state index in [4.69, 9.17) is 0 Å². The fourth-order valence-corrected chi connectivity index (χ4v) is 4.95. The van der Waals surface area contributed by atoms with Crippen LogP contribution >= 0.6 is 0 Å². The molecule has 0 aliphatic heterocycles. The average molecular weight is 554 g/mol. The van der Waals surface area contributed by atoms with Crippen molar-refractivity contribution in [3.63, 3.8) is 0 Å². The summed E-state index contributed by atoms with van der Waals surface area (Å²) in [4.78, 5) is 0. The highest BCUT2D eigenvalue weighted by atomic mass is 15.3. The van der Waals surface area contributed by atoms with Crippen LogP contribution in [-0.2, 0) is 19.4 Å². The van der Waals surface area contributed by atoms with E-state index in [1.54, 1.807) is 0 Å². The summed E-state index contributed by atoms with van der Waals surface area (Å²) in [7, 11) is 0. The van der Waals surface area contributed by atoms with Gasteiger partial charge in [0.15, 0.2) is 0 Å². The average Bonchev–Trinajstić information content (AvgIpc) is 3.34. The van der Waals surface area contributed by atoms with Crippen molar-refractivity contribution in [2.24, 2.45) is 0 Å². The van der Waals surface area contributed by atoms with Crippen LogP contribution in [0.1, 0.15) is 52.9 Å². The Morgan fingerprint density at radius 3 is 2.10 bits per heavy atom. The Balaban J connectivity index is 0.000000197.